The van der Waals surface area contributed by atoms with Gasteiger partial charge in [-0.05, 0) is 0 Å². The quantitative estimate of drug-likeness (QED) is 0.439. The summed E-state index contributed by atoms with van der Waals surface area (Å²) in [6.07, 6.45) is -0.426. The number of aliphatic carboxylic acids is 1. The second-order valence-electron chi connectivity index (χ2n) is 3.04. The van der Waals surface area contributed by atoms with Crippen molar-refractivity contribution < 1.29 is 19.5 Å². The summed E-state index contributed by atoms with van der Waals surface area (Å²) >= 11 is -1.62. The van der Waals surface area contributed by atoms with Crippen LogP contribution in [0, 0.1) is 0 Å². The van der Waals surface area contributed by atoms with E-state index >= 15 is 0 Å². The zero-order chi connectivity index (χ0) is 9.72. The van der Waals surface area contributed by atoms with E-state index < -0.39 is 37.9 Å². The molecule has 0 unspecified atom stereocenters. The van der Waals surface area contributed by atoms with Crippen molar-refractivity contribution in [1.82, 2.24) is 0 Å². The van der Waals surface area contributed by atoms with Crippen LogP contribution in [0.15, 0.2) is 0 Å². The number of hydrogen-bond donors (Lipinski definition) is 1. The minimum atomic E-state index is -1.62. The van der Waals surface area contributed by atoms with Gasteiger partial charge in [0.25, 0.3) is 0 Å². The molecule has 1 N–H and O–H groups in total. The second kappa shape index (κ2) is 5.29. The molecule has 0 fully saturated rings. The summed E-state index contributed by atoms with van der Waals surface area (Å²) in [5, 5.41) is 8.18. The van der Waals surface area contributed by atoms with Gasteiger partial charge in [0, 0.05) is 0 Å². The van der Waals surface area contributed by atoms with Crippen molar-refractivity contribution in [2.24, 2.45) is 0 Å². The third-order valence-electron chi connectivity index (χ3n) is 1.23. The topological polar surface area (TPSA) is 71.4 Å². The van der Waals surface area contributed by atoms with Crippen molar-refractivity contribution in [1.29, 1.82) is 0 Å². The third kappa shape index (κ3) is 5.28. The predicted molar refractivity (Wildman–Crippen MR) is 46.0 cm³/mol. The molecule has 0 spiro atoms. The van der Waals surface area contributed by atoms with Gasteiger partial charge in [-0.1, -0.05) is 0 Å². The molecule has 0 atom stereocenters. The second-order valence-corrected chi connectivity index (χ2v) is 12.2. The summed E-state index contributed by atoms with van der Waals surface area (Å²) in [6.45, 7) is 0. The summed E-state index contributed by atoms with van der Waals surface area (Å²) in [4.78, 5) is 35.6. The maximum atomic E-state index is 10.9. The van der Waals surface area contributed by atoms with Crippen LogP contribution in [0.2, 0.25) is 14.3 Å². The van der Waals surface area contributed by atoms with E-state index in [0.717, 1.165) is 0 Å². The normalized spacial score (nSPS) is 9.92. The molecule has 0 aliphatic rings. The molecule has 0 amide bonds. The summed E-state index contributed by atoms with van der Waals surface area (Å²) in [6, 6.07) is 0. The summed E-state index contributed by atoms with van der Waals surface area (Å²) in [5.41, 5.74) is 0. The van der Waals surface area contributed by atoms with Crippen molar-refractivity contribution in [2.45, 2.75) is 20.7 Å². The molecule has 0 saturated heterocycles. The predicted octanol–water partition coefficient (Wildman–Crippen LogP) is 0.0860. The molecular weight excluding hydrogens is 267 g/mol. The third-order valence-corrected chi connectivity index (χ3v) is 4.86. The van der Waals surface area contributed by atoms with E-state index in [1.807, 2.05) is 9.88 Å². The molecular formula is C7H12O4Sn. The number of carboxylic acids is 1. The number of hydrogen-bond acceptors (Lipinski definition) is 3. The van der Waals surface area contributed by atoms with Crippen LogP contribution < -0.4 is 0 Å². The van der Waals surface area contributed by atoms with Gasteiger partial charge in [0.1, 0.15) is 0 Å². The van der Waals surface area contributed by atoms with E-state index in [0.29, 0.717) is 4.44 Å². The van der Waals surface area contributed by atoms with Gasteiger partial charge in [-0.2, -0.15) is 0 Å². The Labute approximate surface area is 77.7 Å². The number of carboxylic acid groups (broad SMARTS) is 1. The van der Waals surface area contributed by atoms with E-state index in [1.54, 1.807) is 0 Å². The van der Waals surface area contributed by atoms with E-state index in [1.165, 1.54) is 0 Å². The first-order chi connectivity index (χ1) is 5.43. The Morgan fingerprint density at radius 1 is 1.25 bits per heavy atom. The number of carbonyl (C=O) groups is 3. The zero-order valence-corrected chi connectivity index (χ0v) is 10.5. The molecule has 12 heavy (non-hydrogen) atoms. The van der Waals surface area contributed by atoms with Crippen molar-refractivity contribution in [3.63, 3.8) is 0 Å². The van der Waals surface area contributed by atoms with Crippen LogP contribution in [0.1, 0.15) is 6.42 Å². The van der Waals surface area contributed by atoms with Gasteiger partial charge in [-0.25, -0.2) is 0 Å². The van der Waals surface area contributed by atoms with Crippen molar-refractivity contribution in [2.75, 3.05) is 0 Å². The molecule has 68 valence electrons. The molecule has 4 nitrogen and oxygen atoms in total. The maximum absolute atomic E-state index is 10.9. The van der Waals surface area contributed by atoms with Crippen molar-refractivity contribution in [3.05, 3.63) is 0 Å². The first kappa shape index (κ1) is 11.6. The Morgan fingerprint density at radius 2 is 1.75 bits per heavy atom. The van der Waals surface area contributed by atoms with Crippen LogP contribution >= 0.6 is 0 Å². The average molecular weight is 279 g/mol. The van der Waals surface area contributed by atoms with Crippen LogP contribution in [0.25, 0.3) is 0 Å². The van der Waals surface area contributed by atoms with E-state index in [9.17, 15) is 14.4 Å². The van der Waals surface area contributed by atoms with E-state index in [4.69, 9.17) is 5.11 Å². The van der Waals surface area contributed by atoms with Gasteiger partial charge in [-0.3, -0.25) is 0 Å². The molecule has 5 heteroatoms. The minimum absolute atomic E-state index is 0.215. The fraction of sp³-hybridized carbons (Fsp3) is 0.571. The molecule has 0 aliphatic heterocycles. The fourth-order valence-corrected chi connectivity index (χ4v) is 3.79. The molecule has 0 aliphatic carbocycles. The Morgan fingerprint density at radius 3 is 2.08 bits per heavy atom. The zero-order valence-electron chi connectivity index (χ0n) is 7.16. The Kier molecular flexibility index (Phi) is 5.12. The van der Waals surface area contributed by atoms with Gasteiger partial charge in [0.05, 0.1) is 0 Å². The van der Waals surface area contributed by atoms with Gasteiger partial charge in [0.15, 0.2) is 0 Å². The molecule has 0 aromatic carbocycles. The van der Waals surface area contributed by atoms with Gasteiger partial charge >= 0.3 is 77.5 Å². The SMILES string of the molecule is [CH3][SnH]([CH3])[CH2]C(=O)CC(=O)C(=O)O. The van der Waals surface area contributed by atoms with E-state index in [2.05, 4.69) is 0 Å². The molecule has 0 rings (SSSR count). The Hall–Kier alpha value is -0.391. The molecule has 0 aromatic heterocycles. The average Bonchev–Trinajstić information content (AvgIpc) is 1.84. The van der Waals surface area contributed by atoms with Gasteiger partial charge < -0.3 is 0 Å². The molecule has 0 heterocycles. The summed E-state index contributed by atoms with van der Waals surface area (Å²) in [7, 11) is 0. The van der Waals surface area contributed by atoms with Gasteiger partial charge in [0.2, 0.25) is 0 Å². The Balaban J connectivity index is 3.85. The fourth-order valence-electron chi connectivity index (χ4n) is 0.782. The molecule has 0 radical (unpaired) electrons. The van der Waals surface area contributed by atoms with Crippen LogP contribution in [0.5, 0.6) is 0 Å². The Bertz CT molecular complexity index is 209. The van der Waals surface area contributed by atoms with Crippen molar-refractivity contribution in [3.8, 4) is 0 Å². The number of ketones is 2. The van der Waals surface area contributed by atoms with Crippen LogP contribution in [-0.4, -0.2) is 42.4 Å². The molecule has 0 saturated carbocycles. The van der Waals surface area contributed by atoms with E-state index in [-0.39, 0.29) is 5.78 Å². The van der Waals surface area contributed by atoms with Crippen molar-refractivity contribution >= 4 is 37.3 Å². The van der Waals surface area contributed by atoms with Crippen LogP contribution in [-0.2, 0) is 14.4 Å². The standard InChI is InChI=1S/C5H5O4.2CH3.Sn.H/c1-3(6)2-4(7)5(8)9;;;;/h1-2H2,(H,8,9);2*1H3;;. The van der Waals surface area contributed by atoms with Gasteiger partial charge in [-0.15, -0.1) is 0 Å². The van der Waals surface area contributed by atoms with Crippen LogP contribution in [0.3, 0.4) is 0 Å². The number of carbonyl (C=O) groups excluding carboxylic acids is 2. The molecule has 0 aromatic rings. The first-order valence-electron chi connectivity index (χ1n) is 3.71. The number of rotatable bonds is 5. The summed E-state index contributed by atoms with van der Waals surface area (Å²) in [5.74, 6) is -2.72. The molecule has 0 bridgehead atoms. The number of Topliss-reactive ketones (excluding diaryl/α,β-unsaturated/α-hetero) is 2. The monoisotopic (exact) mass is 280 g/mol. The summed E-state index contributed by atoms with van der Waals surface area (Å²) < 4.78 is 0.473. The first-order valence-corrected chi connectivity index (χ1v) is 12.6. The van der Waals surface area contributed by atoms with Crippen LogP contribution in [0.4, 0.5) is 0 Å².